The predicted octanol–water partition coefficient (Wildman–Crippen LogP) is 2.29. The third kappa shape index (κ3) is 2.61. The van der Waals surface area contributed by atoms with Gasteiger partial charge in [-0.25, -0.2) is 4.98 Å². The highest BCUT2D eigenvalue weighted by atomic mass is 79.9. The van der Waals surface area contributed by atoms with Crippen LogP contribution in [0.4, 0.5) is 0 Å². The van der Waals surface area contributed by atoms with Crippen molar-refractivity contribution in [3.8, 4) is 0 Å². The van der Waals surface area contributed by atoms with Gasteiger partial charge in [-0.15, -0.1) is 0 Å². The number of halogens is 1. The number of hydrogen-bond acceptors (Lipinski definition) is 3. The fraction of sp³-hybridized carbons (Fsp3) is 0.462. The monoisotopic (exact) mass is 310 g/mol. The van der Waals surface area contributed by atoms with Gasteiger partial charge in [-0.3, -0.25) is 9.59 Å². The summed E-state index contributed by atoms with van der Waals surface area (Å²) in [5.74, 6) is 0.139. The molecule has 0 N–H and O–H groups in total. The smallest absolute Gasteiger partial charge is 0.273 e. The van der Waals surface area contributed by atoms with Gasteiger partial charge in [0.25, 0.3) is 5.91 Å². The van der Waals surface area contributed by atoms with E-state index in [1.165, 1.54) is 0 Å². The van der Waals surface area contributed by atoms with Gasteiger partial charge in [-0.05, 0) is 34.5 Å². The Hall–Kier alpha value is -1.23. The van der Waals surface area contributed by atoms with Crippen LogP contribution in [0.15, 0.2) is 22.8 Å². The summed E-state index contributed by atoms with van der Waals surface area (Å²) in [6.45, 7) is 2.99. The van der Waals surface area contributed by atoms with Crippen molar-refractivity contribution in [1.29, 1.82) is 0 Å². The molecule has 0 spiro atoms. The van der Waals surface area contributed by atoms with Crippen molar-refractivity contribution in [2.75, 3.05) is 13.1 Å². The molecule has 0 bridgehead atoms. The summed E-state index contributed by atoms with van der Waals surface area (Å²) in [6, 6.07) is 3.57. The van der Waals surface area contributed by atoms with Crippen molar-refractivity contribution in [1.82, 2.24) is 9.88 Å². The standard InChI is InChI=1S/C13H15BrN2O2/c1-2-9-8-16(7-5-11(9)17)13(18)12-10(14)4-3-6-15-12/h3-4,6,9H,2,5,7-8H2,1H3. The zero-order valence-corrected chi connectivity index (χ0v) is 11.8. The van der Waals surface area contributed by atoms with Crippen LogP contribution in [-0.4, -0.2) is 34.7 Å². The Balaban J connectivity index is 2.15. The van der Waals surface area contributed by atoms with Gasteiger partial charge >= 0.3 is 0 Å². The average molecular weight is 311 g/mol. The van der Waals surface area contributed by atoms with E-state index < -0.39 is 0 Å². The molecule has 1 atom stereocenters. The second-order valence-electron chi connectivity index (χ2n) is 4.41. The van der Waals surface area contributed by atoms with Crippen LogP contribution in [0.2, 0.25) is 0 Å². The molecule has 1 fully saturated rings. The summed E-state index contributed by atoms with van der Waals surface area (Å²) in [5, 5.41) is 0. The normalized spacial score (nSPS) is 20.0. The van der Waals surface area contributed by atoms with E-state index in [2.05, 4.69) is 20.9 Å². The van der Waals surface area contributed by atoms with Gasteiger partial charge in [-0.2, -0.15) is 0 Å². The fourth-order valence-corrected chi connectivity index (χ4v) is 2.57. The Labute approximate surface area is 115 Å². The zero-order chi connectivity index (χ0) is 13.1. The van der Waals surface area contributed by atoms with Crippen LogP contribution in [0.5, 0.6) is 0 Å². The van der Waals surface area contributed by atoms with E-state index in [9.17, 15) is 9.59 Å². The molecule has 1 saturated heterocycles. The maximum absolute atomic E-state index is 12.3. The molecule has 1 aliphatic rings. The molecule has 2 rings (SSSR count). The molecular formula is C13H15BrN2O2. The minimum absolute atomic E-state index is 0.0230. The van der Waals surface area contributed by atoms with E-state index >= 15 is 0 Å². The molecule has 18 heavy (non-hydrogen) atoms. The number of amides is 1. The SMILES string of the molecule is CCC1CN(C(=O)c2ncccc2Br)CCC1=O. The molecule has 4 nitrogen and oxygen atoms in total. The maximum Gasteiger partial charge on any atom is 0.273 e. The van der Waals surface area contributed by atoms with Gasteiger partial charge in [-0.1, -0.05) is 6.92 Å². The number of hydrogen-bond donors (Lipinski definition) is 0. The Bertz CT molecular complexity index is 476. The molecule has 96 valence electrons. The number of carbonyl (C=O) groups is 2. The van der Waals surface area contributed by atoms with Crippen LogP contribution in [0.25, 0.3) is 0 Å². The number of ketones is 1. The first-order valence-electron chi connectivity index (χ1n) is 6.06. The first-order valence-corrected chi connectivity index (χ1v) is 6.85. The second kappa shape index (κ2) is 5.61. The van der Waals surface area contributed by atoms with E-state index in [0.29, 0.717) is 29.7 Å². The topological polar surface area (TPSA) is 50.3 Å². The van der Waals surface area contributed by atoms with Gasteiger partial charge in [0.05, 0.1) is 0 Å². The lowest BCUT2D eigenvalue weighted by atomic mass is 9.94. The van der Waals surface area contributed by atoms with Gasteiger partial charge in [0.15, 0.2) is 0 Å². The third-order valence-electron chi connectivity index (χ3n) is 3.27. The van der Waals surface area contributed by atoms with E-state index in [1.54, 1.807) is 23.2 Å². The van der Waals surface area contributed by atoms with Gasteiger partial charge in [0, 0.05) is 36.1 Å². The third-order valence-corrected chi connectivity index (χ3v) is 3.91. The highest BCUT2D eigenvalue weighted by molar-refractivity contribution is 9.10. The minimum Gasteiger partial charge on any atom is -0.336 e. The Morgan fingerprint density at radius 3 is 3.06 bits per heavy atom. The summed E-state index contributed by atoms with van der Waals surface area (Å²) in [7, 11) is 0. The maximum atomic E-state index is 12.3. The highest BCUT2D eigenvalue weighted by Crippen LogP contribution is 2.20. The van der Waals surface area contributed by atoms with Crippen LogP contribution in [0.1, 0.15) is 30.3 Å². The number of Topliss-reactive ketones (excluding diaryl/α,β-unsaturated/α-hetero) is 1. The van der Waals surface area contributed by atoms with E-state index in [-0.39, 0.29) is 17.6 Å². The van der Waals surface area contributed by atoms with Crippen molar-refractivity contribution in [3.05, 3.63) is 28.5 Å². The molecule has 0 radical (unpaired) electrons. The average Bonchev–Trinajstić information content (AvgIpc) is 2.39. The fourth-order valence-electron chi connectivity index (χ4n) is 2.14. The van der Waals surface area contributed by atoms with Crippen LogP contribution < -0.4 is 0 Å². The summed E-state index contributed by atoms with van der Waals surface area (Å²) in [5.41, 5.74) is 0.418. The number of rotatable bonds is 2. The van der Waals surface area contributed by atoms with Crippen LogP contribution in [0.3, 0.4) is 0 Å². The molecule has 0 saturated carbocycles. The largest absolute Gasteiger partial charge is 0.336 e. The van der Waals surface area contributed by atoms with Crippen molar-refractivity contribution in [2.24, 2.45) is 5.92 Å². The molecule has 1 unspecified atom stereocenters. The number of pyridine rings is 1. The number of aromatic nitrogens is 1. The van der Waals surface area contributed by atoms with Gasteiger partial charge < -0.3 is 4.90 Å². The van der Waals surface area contributed by atoms with E-state index in [1.807, 2.05) is 6.92 Å². The first-order chi connectivity index (χ1) is 8.63. The van der Waals surface area contributed by atoms with Crippen molar-refractivity contribution in [3.63, 3.8) is 0 Å². The summed E-state index contributed by atoms with van der Waals surface area (Å²) >= 11 is 3.33. The number of nitrogens with zero attached hydrogens (tertiary/aromatic N) is 2. The van der Waals surface area contributed by atoms with Gasteiger partial charge in [0.2, 0.25) is 0 Å². The molecule has 1 amide bonds. The lowest BCUT2D eigenvalue weighted by Crippen LogP contribution is -2.44. The second-order valence-corrected chi connectivity index (χ2v) is 5.26. The summed E-state index contributed by atoms with van der Waals surface area (Å²) in [6.07, 6.45) is 2.84. The Morgan fingerprint density at radius 2 is 2.39 bits per heavy atom. The highest BCUT2D eigenvalue weighted by Gasteiger charge is 2.30. The number of piperidine rings is 1. The molecule has 5 heteroatoms. The molecule has 1 aromatic rings. The lowest BCUT2D eigenvalue weighted by Gasteiger charge is -2.31. The van der Waals surface area contributed by atoms with Gasteiger partial charge in [0.1, 0.15) is 11.5 Å². The van der Waals surface area contributed by atoms with E-state index in [4.69, 9.17) is 0 Å². The molecule has 1 aliphatic heterocycles. The Kier molecular flexibility index (Phi) is 4.11. The minimum atomic E-state index is -0.103. The zero-order valence-electron chi connectivity index (χ0n) is 10.2. The number of likely N-dealkylation sites (tertiary alicyclic amines) is 1. The Morgan fingerprint density at radius 1 is 1.61 bits per heavy atom. The molecule has 0 aromatic carbocycles. The first kappa shape index (κ1) is 13.2. The molecular weight excluding hydrogens is 296 g/mol. The van der Waals surface area contributed by atoms with Crippen molar-refractivity contribution < 1.29 is 9.59 Å². The van der Waals surface area contributed by atoms with Crippen molar-refractivity contribution in [2.45, 2.75) is 19.8 Å². The molecule has 1 aromatic heterocycles. The lowest BCUT2D eigenvalue weighted by molar-refractivity contribution is -0.125. The molecule has 2 heterocycles. The summed E-state index contributed by atoms with van der Waals surface area (Å²) < 4.78 is 0.694. The quantitative estimate of drug-likeness (QED) is 0.842. The molecule has 0 aliphatic carbocycles. The van der Waals surface area contributed by atoms with Crippen LogP contribution >= 0.6 is 15.9 Å². The van der Waals surface area contributed by atoms with Crippen LogP contribution in [0, 0.1) is 5.92 Å². The van der Waals surface area contributed by atoms with Crippen molar-refractivity contribution >= 4 is 27.6 Å². The number of carbonyl (C=O) groups excluding carboxylic acids is 2. The predicted molar refractivity (Wildman–Crippen MR) is 71.2 cm³/mol. The summed E-state index contributed by atoms with van der Waals surface area (Å²) in [4.78, 5) is 29.8. The van der Waals surface area contributed by atoms with E-state index in [0.717, 1.165) is 6.42 Å². The van der Waals surface area contributed by atoms with Crippen LogP contribution in [-0.2, 0) is 4.79 Å².